The molecule has 2 aromatic rings. The fraction of sp³-hybridized carbons (Fsp3) is 0.438. The number of fused-ring (bicyclic) bond motifs is 1. The van der Waals surface area contributed by atoms with Crippen molar-refractivity contribution in [2.24, 2.45) is 0 Å². The van der Waals surface area contributed by atoms with Crippen LogP contribution in [0.5, 0.6) is 0 Å². The minimum atomic E-state index is -4.30. The van der Waals surface area contributed by atoms with Gasteiger partial charge < -0.3 is 9.47 Å². The Morgan fingerprint density at radius 3 is 2.78 bits per heavy atom. The monoisotopic (exact) mass is 342 g/mol. The topological polar surface area (TPSA) is 25.2 Å². The molecule has 2 aromatic heterocycles. The maximum atomic E-state index is 12.7. The molecule has 1 aliphatic rings. The Balaban J connectivity index is 1.85. The third kappa shape index (κ3) is 3.15. The third-order valence-electron chi connectivity index (χ3n) is 4.24. The highest BCUT2D eigenvalue weighted by atomic mass is 32.1. The Hall–Kier alpha value is -1.76. The molecule has 0 radical (unpaired) electrons. The number of alkyl halides is 3. The fourth-order valence-electron chi connectivity index (χ4n) is 3.03. The first-order valence-corrected chi connectivity index (χ1v) is 8.22. The largest absolute Gasteiger partial charge is 0.406 e. The van der Waals surface area contributed by atoms with Crippen LogP contribution in [0.1, 0.15) is 32.2 Å². The predicted molar refractivity (Wildman–Crippen MR) is 82.7 cm³/mol. The third-order valence-corrected chi connectivity index (χ3v) is 5.26. The first kappa shape index (κ1) is 16.1. The number of carbonyl (C=O) groups excluding carboxylic acids is 1. The van der Waals surface area contributed by atoms with Crippen LogP contribution in [0.2, 0.25) is 0 Å². The predicted octanol–water partition coefficient (Wildman–Crippen LogP) is 3.93. The Kier molecular flexibility index (Phi) is 4.00. The minimum Gasteiger partial charge on any atom is -0.339 e. The van der Waals surface area contributed by atoms with E-state index < -0.39 is 12.7 Å². The molecule has 0 saturated carbocycles. The summed E-state index contributed by atoms with van der Waals surface area (Å²) in [6.45, 7) is 3.25. The van der Waals surface area contributed by atoms with Crippen LogP contribution >= 0.6 is 11.3 Å². The van der Waals surface area contributed by atoms with Crippen molar-refractivity contribution in [1.29, 1.82) is 0 Å². The van der Waals surface area contributed by atoms with Gasteiger partial charge in [-0.2, -0.15) is 13.2 Å². The number of carbonyl (C=O) groups is 1. The first-order chi connectivity index (χ1) is 10.8. The lowest BCUT2D eigenvalue weighted by atomic mass is 10.1. The van der Waals surface area contributed by atoms with Gasteiger partial charge in [-0.25, -0.2) is 0 Å². The smallest absolute Gasteiger partial charge is 0.339 e. The number of halogens is 3. The van der Waals surface area contributed by atoms with Crippen molar-refractivity contribution in [2.45, 2.75) is 39.5 Å². The quantitative estimate of drug-likeness (QED) is 0.812. The SMILES string of the molecule is Cc1cc(C(=O)N2CCc3sccc3C2)c(C)n1CC(F)(F)F. The number of hydrogen-bond acceptors (Lipinski definition) is 2. The standard InChI is InChI=1S/C16H17F3N2OS/c1-10-7-13(11(2)21(10)9-16(17,18)19)15(22)20-5-3-14-12(8-20)4-6-23-14/h4,6-7H,3,5,8-9H2,1-2H3. The summed E-state index contributed by atoms with van der Waals surface area (Å²) < 4.78 is 39.2. The van der Waals surface area contributed by atoms with Gasteiger partial charge in [0, 0.05) is 29.4 Å². The van der Waals surface area contributed by atoms with Crippen molar-refractivity contribution < 1.29 is 18.0 Å². The summed E-state index contributed by atoms with van der Waals surface area (Å²) in [7, 11) is 0. The molecule has 23 heavy (non-hydrogen) atoms. The highest BCUT2D eigenvalue weighted by molar-refractivity contribution is 7.10. The number of hydrogen-bond donors (Lipinski definition) is 0. The molecule has 0 unspecified atom stereocenters. The van der Waals surface area contributed by atoms with E-state index in [1.165, 1.54) is 4.88 Å². The lowest BCUT2D eigenvalue weighted by Gasteiger charge is -2.27. The zero-order valence-electron chi connectivity index (χ0n) is 12.9. The molecule has 0 aliphatic carbocycles. The van der Waals surface area contributed by atoms with E-state index in [1.54, 1.807) is 36.2 Å². The summed E-state index contributed by atoms with van der Waals surface area (Å²) in [6, 6.07) is 3.57. The molecular weight excluding hydrogens is 325 g/mol. The van der Waals surface area contributed by atoms with Gasteiger partial charge >= 0.3 is 6.18 Å². The van der Waals surface area contributed by atoms with Crippen LogP contribution < -0.4 is 0 Å². The Labute approximate surface area is 136 Å². The second kappa shape index (κ2) is 5.70. The van der Waals surface area contributed by atoms with Crippen LogP contribution in [0.4, 0.5) is 13.2 Å². The van der Waals surface area contributed by atoms with Crippen molar-refractivity contribution in [3.8, 4) is 0 Å². The molecule has 124 valence electrons. The number of nitrogens with zero attached hydrogens (tertiary/aromatic N) is 2. The van der Waals surface area contributed by atoms with E-state index in [0.717, 1.165) is 16.6 Å². The molecule has 0 fully saturated rings. The Morgan fingerprint density at radius 2 is 2.09 bits per heavy atom. The van der Waals surface area contributed by atoms with E-state index in [9.17, 15) is 18.0 Å². The first-order valence-electron chi connectivity index (χ1n) is 7.34. The number of aryl methyl sites for hydroxylation is 1. The maximum absolute atomic E-state index is 12.7. The van der Waals surface area contributed by atoms with Crippen molar-refractivity contribution in [3.05, 3.63) is 44.9 Å². The highest BCUT2D eigenvalue weighted by Gasteiger charge is 2.31. The van der Waals surface area contributed by atoms with Crippen molar-refractivity contribution in [1.82, 2.24) is 9.47 Å². The number of thiophene rings is 1. The average Bonchev–Trinajstić information content (AvgIpc) is 3.04. The van der Waals surface area contributed by atoms with E-state index in [-0.39, 0.29) is 5.91 Å². The van der Waals surface area contributed by atoms with Crippen molar-refractivity contribution in [3.63, 3.8) is 0 Å². The fourth-order valence-corrected chi connectivity index (χ4v) is 3.92. The summed E-state index contributed by atoms with van der Waals surface area (Å²) in [5, 5.41) is 2.01. The molecule has 0 aromatic carbocycles. The molecule has 0 N–H and O–H groups in total. The van der Waals surface area contributed by atoms with Crippen LogP contribution in [0.3, 0.4) is 0 Å². The van der Waals surface area contributed by atoms with Crippen LogP contribution in [-0.2, 0) is 19.5 Å². The molecule has 0 bridgehead atoms. The van der Waals surface area contributed by atoms with E-state index in [2.05, 4.69) is 0 Å². The molecular formula is C16H17F3N2OS. The minimum absolute atomic E-state index is 0.191. The van der Waals surface area contributed by atoms with Crippen molar-refractivity contribution in [2.75, 3.05) is 6.54 Å². The normalized spacial score (nSPS) is 14.9. The number of rotatable bonds is 2. The van der Waals surface area contributed by atoms with Gasteiger partial charge in [0.15, 0.2) is 0 Å². The van der Waals surface area contributed by atoms with Crippen LogP contribution in [0, 0.1) is 13.8 Å². The van der Waals surface area contributed by atoms with Crippen LogP contribution in [-0.4, -0.2) is 28.1 Å². The second-order valence-corrected chi connectivity index (χ2v) is 6.83. The molecule has 3 rings (SSSR count). The summed E-state index contributed by atoms with van der Waals surface area (Å²) >= 11 is 1.68. The summed E-state index contributed by atoms with van der Waals surface area (Å²) in [5.41, 5.74) is 2.33. The van der Waals surface area contributed by atoms with E-state index in [0.29, 0.717) is 30.0 Å². The van der Waals surface area contributed by atoms with Crippen LogP contribution in [0.15, 0.2) is 17.5 Å². The zero-order valence-corrected chi connectivity index (χ0v) is 13.7. The van der Waals surface area contributed by atoms with Gasteiger partial charge in [-0.15, -0.1) is 11.3 Å². The summed E-state index contributed by atoms with van der Waals surface area (Å²) in [6.07, 6.45) is -3.49. The Morgan fingerprint density at radius 1 is 1.35 bits per heavy atom. The number of aromatic nitrogens is 1. The molecule has 1 aliphatic heterocycles. The number of amides is 1. The van der Waals surface area contributed by atoms with Gasteiger partial charge in [-0.05, 0) is 43.3 Å². The summed E-state index contributed by atoms with van der Waals surface area (Å²) in [4.78, 5) is 15.7. The zero-order chi connectivity index (χ0) is 16.8. The molecule has 0 atom stereocenters. The molecule has 0 spiro atoms. The van der Waals surface area contributed by atoms with Gasteiger partial charge in [0.25, 0.3) is 5.91 Å². The van der Waals surface area contributed by atoms with Gasteiger partial charge in [0.1, 0.15) is 6.54 Å². The van der Waals surface area contributed by atoms with E-state index in [1.807, 2.05) is 11.4 Å². The summed E-state index contributed by atoms with van der Waals surface area (Å²) in [5.74, 6) is -0.191. The second-order valence-electron chi connectivity index (χ2n) is 5.83. The van der Waals surface area contributed by atoms with E-state index in [4.69, 9.17) is 0 Å². The van der Waals surface area contributed by atoms with Gasteiger partial charge in [0.2, 0.25) is 0 Å². The van der Waals surface area contributed by atoms with Crippen LogP contribution in [0.25, 0.3) is 0 Å². The molecule has 1 amide bonds. The lowest BCUT2D eigenvalue weighted by Crippen LogP contribution is -2.35. The average molecular weight is 342 g/mol. The van der Waals surface area contributed by atoms with Gasteiger partial charge in [0.05, 0.1) is 5.56 Å². The molecule has 0 saturated heterocycles. The lowest BCUT2D eigenvalue weighted by molar-refractivity contribution is -0.141. The molecule has 3 nitrogen and oxygen atoms in total. The maximum Gasteiger partial charge on any atom is 0.406 e. The van der Waals surface area contributed by atoms with Crippen molar-refractivity contribution >= 4 is 17.2 Å². The molecule has 3 heterocycles. The highest BCUT2D eigenvalue weighted by Crippen LogP contribution is 2.27. The molecule has 7 heteroatoms. The van der Waals surface area contributed by atoms with Gasteiger partial charge in [-0.1, -0.05) is 0 Å². The van der Waals surface area contributed by atoms with Gasteiger partial charge in [-0.3, -0.25) is 4.79 Å². The van der Waals surface area contributed by atoms with E-state index >= 15 is 0 Å². The Bertz CT molecular complexity index is 745.